The predicted molar refractivity (Wildman–Crippen MR) is 96.3 cm³/mol. The van der Waals surface area contributed by atoms with Crippen LogP contribution in [0.1, 0.15) is 37.9 Å². The van der Waals surface area contributed by atoms with Gasteiger partial charge in [-0.1, -0.05) is 44.2 Å². The lowest BCUT2D eigenvalue weighted by Crippen LogP contribution is -2.28. The fourth-order valence-corrected chi connectivity index (χ4v) is 3.55. The van der Waals surface area contributed by atoms with Gasteiger partial charge in [-0.05, 0) is 17.4 Å². The molecule has 0 radical (unpaired) electrons. The lowest BCUT2D eigenvalue weighted by Gasteiger charge is -2.25. The van der Waals surface area contributed by atoms with E-state index in [0.717, 1.165) is 23.5 Å². The Hall–Kier alpha value is -2.21. The zero-order valence-electron chi connectivity index (χ0n) is 14.0. The molecular weight excluding hydrogens is 320 g/mol. The largest absolute Gasteiger partial charge is 0.356 e. The maximum Gasteiger partial charge on any atom is 0.220 e. The lowest BCUT2D eigenvalue weighted by atomic mass is 9.80. The van der Waals surface area contributed by atoms with Gasteiger partial charge in [0, 0.05) is 24.8 Å². The number of hydrogen-bond acceptors (Lipinski definition) is 4. The molecule has 1 N–H and O–H groups in total. The molecule has 3 aromatic rings. The van der Waals surface area contributed by atoms with Gasteiger partial charge in [0.2, 0.25) is 10.9 Å². The average Bonchev–Trinajstić information content (AvgIpc) is 3.19. The molecule has 1 aromatic carbocycles. The van der Waals surface area contributed by atoms with Gasteiger partial charge in [-0.25, -0.2) is 9.50 Å². The van der Waals surface area contributed by atoms with E-state index in [4.69, 9.17) is 0 Å². The Kier molecular flexibility index (Phi) is 4.94. The van der Waals surface area contributed by atoms with Crippen LogP contribution in [-0.4, -0.2) is 27.0 Å². The minimum atomic E-state index is -0.00114. The van der Waals surface area contributed by atoms with Gasteiger partial charge in [0.05, 0.1) is 5.69 Å². The third-order valence-electron chi connectivity index (χ3n) is 4.32. The number of aromatic nitrogens is 3. The van der Waals surface area contributed by atoms with Gasteiger partial charge in [0.15, 0.2) is 0 Å². The van der Waals surface area contributed by atoms with E-state index < -0.39 is 0 Å². The summed E-state index contributed by atoms with van der Waals surface area (Å²) in [5, 5.41) is 9.23. The highest BCUT2D eigenvalue weighted by molar-refractivity contribution is 7.15. The van der Waals surface area contributed by atoms with Crippen LogP contribution in [-0.2, 0) is 16.6 Å². The number of thiazole rings is 1. The van der Waals surface area contributed by atoms with Crippen LogP contribution >= 0.6 is 11.3 Å². The second kappa shape index (κ2) is 7.13. The molecule has 5 nitrogen and oxygen atoms in total. The van der Waals surface area contributed by atoms with Crippen molar-refractivity contribution in [2.75, 3.05) is 6.54 Å². The summed E-state index contributed by atoms with van der Waals surface area (Å²) in [5.74, 6) is 0.101. The smallest absolute Gasteiger partial charge is 0.220 e. The van der Waals surface area contributed by atoms with E-state index in [2.05, 4.69) is 41.4 Å². The molecule has 1 amide bonds. The predicted octanol–water partition coefficient (Wildman–Crippen LogP) is 3.21. The topological polar surface area (TPSA) is 59.3 Å². The SMILES string of the molecule is CC(C)(CCC(=O)NCCc1csc2ncnn12)c1ccccc1. The number of benzene rings is 1. The van der Waals surface area contributed by atoms with Crippen molar-refractivity contribution in [2.24, 2.45) is 0 Å². The molecule has 0 aliphatic heterocycles. The molecule has 126 valence electrons. The van der Waals surface area contributed by atoms with E-state index in [1.165, 1.54) is 5.56 Å². The van der Waals surface area contributed by atoms with E-state index >= 15 is 0 Å². The molecule has 24 heavy (non-hydrogen) atoms. The second-order valence-electron chi connectivity index (χ2n) is 6.53. The molecule has 0 aliphatic rings. The minimum absolute atomic E-state index is 0.00114. The Balaban J connectivity index is 1.45. The number of rotatable bonds is 7. The average molecular weight is 342 g/mol. The number of nitrogens with zero attached hydrogens (tertiary/aromatic N) is 3. The van der Waals surface area contributed by atoms with Crippen LogP contribution in [0.3, 0.4) is 0 Å². The molecular formula is C18H22N4OS. The summed E-state index contributed by atoms with van der Waals surface area (Å²) < 4.78 is 1.83. The first-order chi connectivity index (χ1) is 11.6. The van der Waals surface area contributed by atoms with E-state index in [1.54, 1.807) is 17.7 Å². The Morgan fingerprint density at radius 3 is 2.88 bits per heavy atom. The molecule has 0 spiro atoms. The van der Waals surface area contributed by atoms with Crippen molar-refractivity contribution >= 4 is 22.2 Å². The van der Waals surface area contributed by atoms with Crippen molar-refractivity contribution in [2.45, 2.75) is 38.5 Å². The highest BCUT2D eigenvalue weighted by Crippen LogP contribution is 2.27. The lowest BCUT2D eigenvalue weighted by molar-refractivity contribution is -0.121. The molecule has 2 aromatic heterocycles. The Morgan fingerprint density at radius 1 is 1.29 bits per heavy atom. The van der Waals surface area contributed by atoms with Crippen LogP contribution in [0.25, 0.3) is 4.96 Å². The summed E-state index contributed by atoms with van der Waals surface area (Å²) in [4.78, 5) is 17.2. The molecule has 0 saturated heterocycles. The molecule has 0 bridgehead atoms. The molecule has 0 fully saturated rings. The van der Waals surface area contributed by atoms with Crippen molar-refractivity contribution in [3.8, 4) is 0 Å². The normalized spacial score (nSPS) is 11.8. The van der Waals surface area contributed by atoms with Gasteiger partial charge in [0.1, 0.15) is 6.33 Å². The summed E-state index contributed by atoms with van der Waals surface area (Å²) in [7, 11) is 0. The minimum Gasteiger partial charge on any atom is -0.356 e. The summed E-state index contributed by atoms with van der Waals surface area (Å²) >= 11 is 1.57. The first kappa shape index (κ1) is 16.6. The molecule has 3 rings (SSSR count). The van der Waals surface area contributed by atoms with Gasteiger partial charge in [-0.3, -0.25) is 4.79 Å². The maximum atomic E-state index is 12.1. The van der Waals surface area contributed by atoms with Crippen LogP contribution in [0, 0.1) is 0 Å². The van der Waals surface area contributed by atoms with Gasteiger partial charge >= 0.3 is 0 Å². The van der Waals surface area contributed by atoms with Crippen LogP contribution in [0.2, 0.25) is 0 Å². The summed E-state index contributed by atoms with van der Waals surface area (Å²) in [6.07, 6.45) is 3.68. The van der Waals surface area contributed by atoms with Crippen molar-refractivity contribution in [3.05, 3.63) is 53.3 Å². The Bertz CT molecular complexity index is 807. The number of amides is 1. The number of hydrogen-bond donors (Lipinski definition) is 1. The van der Waals surface area contributed by atoms with Gasteiger partial charge in [-0.15, -0.1) is 11.3 Å². The zero-order valence-corrected chi connectivity index (χ0v) is 14.8. The van der Waals surface area contributed by atoms with Crippen LogP contribution in [0.15, 0.2) is 42.0 Å². The highest BCUT2D eigenvalue weighted by atomic mass is 32.1. The standard InChI is InChI=1S/C18H22N4OS/c1-18(2,14-6-4-3-5-7-14)10-8-16(23)19-11-9-15-12-24-17-20-13-21-22(15)17/h3-7,12-13H,8-11H2,1-2H3,(H,19,23). The summed E-state index contributed by atoms with van der Waals surface area (Å²) in [5.41, 5.74) is 2.35. The molecule has 0 atom stereocenters. The van der Waals surface area contributed by atoms with Crippen molar-refractivity contribution in [1.29, 1.82) is 0 Å². The fourth-order valence-electron chi connectivity index (χ4n) is 2.72. The number of carbonyl (C=O) groups is 1. The fraction of sp³-hybridized carbons (Fsp3) is 0.389. The Labute approximate surface area is 145 Å². The number of fused-ring (bicyclic) bond motifs is 1. The third-order valence-corrected chi connectivity index (χ3v) is 5.20. The summed E-state index contributed by atoms with van der Waals surface area (Å²) in [6.45, 7) is 4.99. The molecule has 6 heteroatoms. The molecule has 0 unspecified atom stereocenters. The number of carbonyl (C=O) groups excluding carboxylic acids is 1. The number of nitrogens with one attached hydrogen (secondary N) is 1. The van der Waals surface area contributed by atoms with E-state index in [1.807, 2.05) is 28.1 Å². The second-order valence-corrected chi connectivity index (χ2v) is 7.37. The van der Waals surface area contributed by atoms with Gasteiger partial charge in [0.25, 0.3) is 0 Å². The van der Waals surface area contributed by atoms with Crippen molar-refractivity contribution in [3.63, 3.8) is 0 Å². The first-order valence-electron chi connectivity index (χ1n) is 8.14. The highest BCUT2D eigenvalue weighted by Gasteiger charge is 2.21. The molecule has 0 saturated carbocycles. The quantitative estimate of drug-likeness (QED) is 0.717. The van der Waals surface area contributed by atoms with E-state index in [0.29, 0.717) is 13.0 Å². The zero-order chi connectivity index (χ0) is 17.0. The monoisotopic (exact) mass is 342 g/mol. The molecule has 2 heterocycles. The maximum absolute atomic E-state index is 12.1. The first-order valence-corrected chi connectivity index (χ1v) is 9.02. The third kappa shape index (κ3) is 3.82. The van der Waals surface area contributed by atoms with Gasteiger partial charge in [-0.2, -0.15) is 5.10 Å². The molecule has 0 aliphatic carbocycles. The van der Waals surface area contributed by atoms with E-state index in [-0.39, 0.29) is 11.3 Å². The van der Waals surface area contributed by atoms with Crippen molar-refractivity contribution in [1.82, 2.24) is 19.9 Å². The van der Waals surface area contributed by atoms with Crippen LogP contribution in [0.5, 0.6) is 0 Å². The van der Waals surface area contributed by atoms with E-state index in [9.17, 15) is 4.79 Å². The Morgan fingerprint density at radius 2 is 2.08 bits per heavy atom. The van der Waals surface area contributed by atoms with Crippen molar-refractivity contribution < 1.29 is 4.79 Å². The van der Waals surface area contributed by atoms with Gasteiger partial charge < -0.3 is 5.32 Å². The summed E-state index contributed by atoms with van der Waals surface area (Å²) in [6, 6.07) is 10.4. The van der Waals surface area contributed by atoms with Crippen LogP contribution < -0.4 is 5.32 Å². The van der Waals surface area contributed by atoms with Crippen LogP contribution in [0.4, 0.5) is 0 Å².